The molecule has 6 heteroatoms. The molecule has 0 aromatic heterocycles. The van der Waals surface area contributed by atoms with Crippen LogP contribution in [0.3, 0.4) is 0 Å². The zero-order valence-corrected chi connectivity index (χ0v) is 11.9. The van der Waals surface area contributed by atoms with Crippen LogP contribution in [-0.4, -0.2) is 23.4 Å². The average molecular weight is 279 g/mol. The Morgan fingerprint density at radius 2 is 2.05 bits per heavy atom. The number of rotatable bonds is 8. The maximum Gasteiger partial charge on any atom is 0.269 e. The van der Waals surface area contributed by atoms with Gasteiger partial charge >= 0.3 is 0 Å². The molecule has 0 aliphatic carbocycles. The van der Waals surface area contributed by atoms with Gasteiger partial charge in [0, 0.05) is 24.7 Å². The van der Waals surface area contributed by atoms with Crippen molar-refractivity contribution in [2.24, 2.45) is 0 Å². The monoisotopic (exact) mass is 279 g/mol. The lowest BCUT2D eigenvalue weighted by Gasteiger charge is -2.14. The third kappa shape index (κ3) is 5.36. The fraction of sp³-hybridized carbons (Fsp3) is 0.500. The Balaban J connectivity index is 2.39. The molecule has 0 spiro atoms. The second-order valence-corrected chi connectivity index (χ2v) is 4.61. The van der Waals surface area contributed by atoms with E-state index in [1.54, 1.807) is 12.1 Å². The summed E-state index contributed by atoms with van der Waals surface area (Å²) in [6, 6.07) is 6.59. The lowest BCUT2D eigenvalue weighted by atomic mass is 10.2. The molecule has 0 saturated carbocycles. The van der Waals surface area contributed by atoms with E-state index < -0.39 is 4.92 Å². The summed E-state index contributed by atoms with van der Waals surface area (Å²) in [6.45, 7) is 4.70. The summed E-state index contributed by atoms with van der Waals surface area (Å²) < 4.78 is 0. The molecule has 1 aromatic rings. The van der Waals surface area contributed by atoms with E-state index in [2.05, 4.69) is 10.6 Å². The Morgan fingerprint density at radius 1 is 1.35 bits per heavy atom. The topological polar surface area (TPSA) is 84.3 Å². The summed E-state index contributed by atoms with van der Waals surface area (Å²) >= 11 is 0. The second-order valence-electron chi connectivity index (χ2n) is 4.61. The van der Waals surface area contributed by atoms with E-state index in [0.717, 1.165) is 18.4 Å². The Kier molecular flexibility index (Phi) is 6.66. The molecule has 1 aromatic carbocycles. The van der Waals surface area contributed by atoms with E-state index in [-0.39, 0.29) is 24.2 Å². The highest BCUT2D eigenvalue weighted by Gasteiger charge is 2.08. The first-order chi connectivity index (χ1) is 9.56. The van der Waals surface area contributed by atoms with Crippen molar-refractivity contribution in [3.8, 4) is 0 Å². The summed E-state index contributed by atoms with van der Waals surface area (Å²) in [6.07, 6.45) is 1.82. The normalized spacial score (nSPS) is 10.6. The highest BCUT2D eigenvalue weighted by molar-refractivity contribution is 5.78. The van der Waals surface area contributed by atoms with Gasteiger partial charge in [0.25, 0.3) is 5.69 Å². The number of hydrogen-bond donors (Lipinski definition) is 2. The minimum absolute atomic E-state index is 0.0517. The molecule has 0 radical (unpaired) electrons. The summed E-state index contributed by atoms with van der Waals surface area (Å²) in [5, 5.41) is 16.6. The minimum Gasteiger partial charge on any atom is -0.352 e. The number of amides is 1. The predicted molar refractivity (Wildman–Crippen MR) is 77.3 cm³/mol. The van der Waals surface area contributed by atoms with Crippen molar-refractivity contribution in [3.05, 3.63) is 39.9 Å². The first-order valence-electron chi connectivity index (χ1n) is 6.80. The molecule has 0 fully saturated rings. The average Bonchev–Trinajstić information content (AvgIpc) is 2.45. The van der Waals surface area contributed by atoms with E-state index in [9.17, 15) is 14.9 Å². The van der Waals surface area contributed by atoms with Crippen LogP contribution in [0.25, 0.3) is 0 Å². The number of non-ortho nitro benzene ring substituents is 1. The van der Waals surface area contributed by atoms with Crippen molar-refractivity contribution >= 4 is 11.6 Å². The molecule has 110 valence electrons. The lowest BCUT2D eigenvalue weighted by Crippen LogP contribution is -2.39. The number of carbonyl (C=O) groups excluding carboxylic acids is 1. The van der Waals surface area contributed by atoms with Gasteiger partial charge in [0.2, 0.25) is 5.91 Å². The van der Waals surface area contributed by atoms with Gasteiger partial charge in [-0.15, -0.1) is 0 Å². The predicted octanol–water partition coefficient (Wildman–Crippen LogP) is 1.99. The number of nitro groups is 1. The maximum atomic E-state index is 11.7. The van der Waals surface area contributed by atoms with Crippen LogP contribution in [0, 0.1) is 10.1 Å². The summed E-state index contributed by atoms with van der Waals surface area (Å²) in [4.78, 5) is 21.9. The molecular formula is C14H21N3O3. The van der Waals surface area contributed by atoms with Crippen LogP contribution in [0.15, 0.2) is 24.3 Å². The van der Waals surface area contributed by atoms with Gasteiger partial charge in [0.1, 0.15) is 0 Å². The molecule has 0 unspecified atom stereocenters. The number of nitrogens with one attached hydrogen (secondary N) is 2. The quantitative estimate of drug-likeness (QED) is 0.563. The van der Waals surface area contributed by atoms with E-state index in [4.69, 9.17) is 0 Å². The molecule has 6 nitrogen and oxygen atoms in total. The molecule has 0 aliphatic heterocycles. The molecule has 0 atom stereocenters. The molecular weight excluding hydrogens is 258 g/mol. The number of hydrogen-bond acceptors (Lipinski definition) is 4. The summed E-state index contributed by atoms with van der Waals surface area (Å²) in [5.74, 6) is -0.0517. The van der Waals surface area contributed by atoms with Crippen LogP contribution in [0.1, 0.15) is 32.3 Å². The van der Waals surface area contributed by atoms with Crippen molar-refractivity contribution in [2.45, 2.75) is 39.3 Å². The van der Waals surface area contributed by atoms with Crippen LogP contribution in [0.4, 0.5) is 5.69 Å². The number of nitro benzene ring substituents is 1. The molecule has 1 rings (SSSR count). The van der Waals surface area contributed by atoms with Crippen LogP contribution >= 0.6 is 0 Å². The Bertz CT molecular complexity index is 459. The Labute approximate surface area is 118 Å². The van der Waals surface area contributed by atoms with E-state index >= 15 is 0 Å². The zero-order chi connectivity index (χ0) is 15.0. The highest BCUT2D eigenvalue weighted by Crippen LogP contribution is 2.12. The van der Waals surface area contributed by atoms with Crippen molar-refractivity contribution < 1.29 is 9.72 Å². The van der Waals surface area contributed by atoms with Crippen molar-refractivity contribution in [1.82, 2.24) is 10.6 Å². The largest absolute Gasteiger partial charge is 0.352 e. The van der Waals surface area contributed by atoms with Crippen LogP contribution in [0.2, 0.25) is 0 Å². The molecule has 20 heavy (non-hydrogen) atoms. The maximum absolute atomic E-state index is 11.7. The van der Waals surface area contributed by atoms with Gasteiger partial charge in [-0.1, -0.05) is 26.0 Å². The van der Waals surface area contributed by atoms with Gasteiger partial charge in [-0.05, 0) is 18.4 Å². The van der Waals surface area contributed by atoms with Crippen LogP contribution in [0.5, 0.6) is 0 Å². The molecule has 0 bridgehead atoms. The van der Waals surface area contributed by atoms with Gasteiger partial charge in [-0.3, -0.25) is 14.9 Å². The smallest absolute Gasteiger partial charge is 0.269 e. The van der Waals surface area contributed by atoms with E-state index in [1.165, 1.54) is 12.1 Å². The second kappa shape index (κ2) is 8.27. The van der Waals surface area contributed by atoms with Gasteiger partial charge in [-0.25, -0.2) is 0 Å². The number of benzene rings is 1. The van der Waals surface area contributed by atoms with Gasteiger partial charge in [-0.2, -0.15) is 0 Å². The molecule has 0 heterocycles. The third-order valence-electron chi connectivity index (χ3n) is 3.09. The fourth-order valence-corrected chi connectivity index (χ4v) is 1.87. The Morgan fingerprint density at radius 3 is 2.65 bits per heavy atom. The lowest BCUT2D eigenvalue weighted by molar-refractivity contribution is -0.384. The molecule has 0 aliphatic rings. The molecule has 1 amide bonds. The number of nitrogens with zero attached hydrogens (tertiary/aromatic N) is 1. The highest BCUT2D eigenvalue weighted by atomic mass is 16.6. The van der Waals surface area contributed by atoms with Crippen molar-refractivity contribution in [1.29, 1.82) is 0 Å². The van der Waals surface area contributed by atoms with Crippen molar-refractivity contribution in [2.75, 3.05) is 6.54 Å². The third-order valence-corrected chi connectivity index (χ3v) is 3.09. The first-order valence-corrected chi connectivity index (χ1v) is 6.80. The zero-order valence-electron chi connectivity index (χ0n) is 11.9. The van der Waals surface area contributed by atoms with Crippen LogP contribution in [-0.2, 0) is 11.3 Å². The minimum atomic E-state index is -0.427. The SMILES string of the molecule is CCC(CC)NC(=O)CNCc1cccc([N+](=O)[O-])c1. The fourth-order valence-electron chi connectivity index (χ4n) is 1.87. The number of carbonyl (C=O) groups is 1. The van der Waals surface area contributed by atoms with E-state index in [1.807, 2.05) is 13.8 Å². The molecule has 0 saturated heterocycles. The Hall–Kier alpha value is -1.95. The standard InChI is InChI=1S/C14H21N3O3/c1-3-12(4-2)16-14(18)10-15-9-11-6-5-7-13(8-11)17(19)20/h5-8,12,15H,3-4,9-10H2,1-2H3,(H,16,18). The van der Waals surface area contributed by atoms with Crippen LogP contribution < -0.4 is 10.6 Å². The van der Waals surface area contributed by atoms with E-state index in [0.29, 0.717) is 6.54 Å². The molecule has 2 N–H and O–H groups in total. The van der Waals surface area contributed by atoms with Gasteiger partial charge in [0.05, 0.1) is 11.5 Å². The summed E-state index contributed by atoms with van der Waals surface area (Å²) in [7, 11) is 0. The summed E-state index contributed by atoms with van der Waals surface area (Å²) in [5.41, 5.74) is 0.848. The van der Waals surface area contributed by atoms with Gasteiger partial charge in [0.15, 0.2) is 0 Å². The first kappa shape index (κ1) is 16.1. The van der Waals surface area contributed by atoms with Crippen molar-refractivity contribution in [3.63, 3.8) is 0 Å². The van der Waals surface area contributed by atoms with Gasteiger partial charge < -0.3 is 10.6 Å².